The van der Waals surface area contributed by atoms with Crippen LogP contribution in [0.25, 0.3) is 0 Å². The summed E-state index contributed by atoms with van der Waals surface area (Å²) in [4.78, 5) is 16.4. The van der Waals surface area contributed by atoms with Gasteiger partial charge in [0.2, 0.25) is 0 Å². The van der Waals surface area contributed by atoms with Gasteiger partial charge in [0.15, 0.2) is 0 Å². The highest BCUT2D eigenvalue weighted by molar-refractivity contribution is 5.50. The van der Waals surface area contributed by atoms with Gasteiger partial charge >= 0.3 is 0 Å². The number of nitrogens with zero attached hydrogens (tertiary/aromatic N) is 4. The zero-order valence-electron chi connectivity index (χ0n) is 16.4. The molecule has 1 N–H and O–H groups in total. The van der Waals surface area contributed by atoms with E-state index in [1.807, 2.05) is 31.3 Å². The maximum atomic E-state index is 4.83. The van der Waals surface area contributed by atoms with E-state index in [4.69, 9.17) is 4.98 Å². The molecule has 0 bridgehead atoms. The van der Waals surface area contributed by atoms with Crippen LogP contribution in [0.4, 0.5) is 11.6 Å². The first-order chi connectivity index (χ1) is 13.3. The van der Waals surface area contributed by atoms with Crippen molar-refractivity contribution in [3.63, 3.8) is 0 Å². The number of likely N-dealkylation sites (tertiary alicyclic amines) is 1. The highest BCUT2D eigenvalue weighted by Crippen LogP contribution is 2.30. The third-order valence-electron chi connectivity index (χ3n) is 6.04. The number of nitrogens with one attached hydrogen (secondary N) is 1. The number of rotatable bonds is 5. The lowest BCUT2D eigenvalue weighted by atomic mass is 9.87. The first-order valence-electron chi connectivity index (χ1n) is 10.5. The van der Waals surface area contributed by atoms with Crippen LogP contribution in [-0.2, 0) is 0 Å². The van der Waals surface area contributed by atoms with Crippen molar-refractivity contribution in [2.24, 2.45) is 5.92 Å². The van der Waals surface area contributed by atoms with Crippen molar-refractivity contribution < 1.29 is 0 Å². The fourth-order valence-corrected chi connectivity index (χ4v) is 4.53. The summed E-state index contributed by atoms with van der Waals surface area (Å²) >= 11 is 0. The minimum absolute atomic E-state index is 0.521. The van der Waals surface area contributed by atoms with Gasteiger partial charge in [-0.1, -0.05) is 25.3 Å². The van der Waals surface area contributed by atoms with Gasteiger partial charge in [-0.25, -0.2) is 9.97 Å². The number of anilines is 2. The third kappa shape index (κ3) is 5.04. The van der Waals surface area contributed by atoms with Crippen molar-refractivity contribution in [2.45, 2.75) is 57.8 Å². The molecule has 1 saturated heterocycles. The molecule has 0 radical (unpaired) electrons. The molecular weight excluding hydrogens is 334 g/mol. The topological polar surface area (TPSA) is 53.9 Å². The van der Waals surface area contributed by atoms with Gasteiger partial charge in [-0.15, -0.1) is 0 Å². The third-order valence-corrected chi connectivity index (χ3v) is 6.04. The van der Waals surface area contributed by atoms with Crippen molar-refractivity contribution in [2.75, 3.05) is 25.0 Å². The van der Waals surface area contributed by atoms with Gasteiger partial charge in [0.25, 0.3) is 0 Å². The summed E-state index contributed by atoms with van der Waals surface area (Å²) in [6.45, 7) is 5.69. The van der Waals surface area contributed by atoms with E-state index < -0.39 is 0 Å². The molecule has 27 heavy (non-hydrogen) atoms. The molecule has 5 heteroatoms. The number of hydrogen-bond donors (Lipinski definition) is 1. The molecule has 0 aromatic carbocycles. The largest absolute Gasteiger partial charge is 0.324 e. The number of piperidine rings is 1. The highest BCUT2D eigenvalue weighted by atomic mass is 15.1. The molecule has 0 amide bonds. The molecule has 2 aromatic rings. The van der Waals surface area contributed by atoms with E-state index in [2.05, 4.69) is 20.2 Å². The van der Waals surface area contributed by atoms with Gasteiger partial charge in [-0.2, -0.15) is 0 Å². The second-order valence-electron chi connectivity index (χ2n) is 8.20. The fourth-order valence-electron chi connectivity index (χ4n) is 4.53. The molecule has 4 rings (SSSR count). The first kappa shape index (κ1) is 18.4. The van der Waals surface area contributed by atoms with E-state index in [1.54, 1.807) is 6.20 Å². The molecule has 1 saturated carbocycles. The standard InChI is InChI=1S/C22H31N5/c1-17-6-5-9-21(24-17)26-22-15-23-14-20(25-22)19-10-12-27(13-11-19)16-18-7-3-2-4-8-18/h5-6,9,14-15,18-19H,2-4,7-8,10-13,16H2,1H3,(H,24,25,26). The normalized spacial score (nSPS) is 19.9. The number of aryl methyl sites for hydroxylation is 1. The summed E-state index contributed by atoms with van der Waals surface area (Å²) in [6.07, 6.45) is 13.3. The molecule has 144 valence electrons. The second-order valence-corrected chi connectivity index (χ2v) is 8.20. The quantitative estimate of drug-likeness (QED) is 0.833. The second kappa shape index (κ2) is 8.79. The van der Waals surface area contributed by atoms with Crippen LogP contribution in [-0.4, -0.2) is 39.5 Å². The molecule has 5 nitrogen and oxygen atoms in total. The van der Waals surface area contributed by atoms with Crippen molar-refractivity contribution in [3.8, 4) is 0 Å². The van der Waals surface area contributed by atoms with E-state index >= 15 is 0 Å². The monoisotopic (exact) mass is 365 g/mol. The van der Waals surface area contributed by atoms with Gasteiger partial charge in [-0.3, -0.25) is 4.98 Å². The zero-order chi connectivity index (χ0) is 18.5. The Balaban J connectivity index is 1.33. The van der Waals surface area contributed by atoms with Gasteiger partial charge in [-0.05, 0) is 63.7 Å². The molecule has 2 aliphatic rings. The molecule has 0 spiro atoms. The SMILES string of the molecule is Cc1cccc(Nc2cncc(C3CCN(CC4CCCCC4)CC3)n2)n1. The molecule has 1 aliphatic heterocycles. The Morgan fingerprint density at radius 2 is 1.78 bits per heavy atom. The molecule has 0 atom stereocenters. The Morgan fingerprint density at radius 3 is 2.56 bits per heavy atom. The van der Waals surface area contributed by atoms with Crippen LogP contribution >= 0.6 is 0 Å². The summed E-state index contributed by atoms with van der Waals surface area (Å²) in [6, 6.07) is 5.96. The fraction of sp³-hybridized carbons (Fsp3) is 0.591. The summed E-state index contributed by atoms with van der Waals surface area (Å²) in [5.74, 6) is 3.07. The van der Waals surface area contributed by atoms with E-state index in [-0.39, 0.29) is 0 Å². The zero-order valence-corrected chi connectivity index (χ0v) is 16.4. The van der Waals surface area contributed by atoms with E-state index in [1.165, 1.54) is 64.6 Å². The molecule has 1 aliphatic carbocycles. The summed E-state index contributed by atoms with van der Waals surface area (Å²) in [5, 5.41) is 3.29. The summed E-state index contributed by atoms with van der Waals surface area (Å²) in [7, 11) is 0. The van der Waals surface area contributed by atoms with Crippen LogP contribution in [0.15, 0.2) is 30.6 Å². The Kier molecular flexibility index (Phi) is 5.97. The Morgan fingerprint density at radius 1 is 0.963 bits per heavy atom. The van der Waals surface area contributed by atoms with Crippen molar-refractivity contribution in [1.29, 1.82) is 0 Å². The minimum Gasteiger partial charge on any atom is -0.324 e. The average molecular weight is 366 g/mol. The lowest BCUT2D eigenvalue weighted by Gasteiger charge is -2.35. The van der Waals surface area contributed by atoms with Crippen LogP contribution in [0, 0.1) is 12.8 Å². The van der Waals surface area contributed by atoms with Gasteiger partial charge in [0.1, 0.15) is 11.6 Å². The maximum Gasteiger partial charge on any atom is 0.150 e. The van der Waals surface area contributed by atoms with Crippen LogP contribution in [0.2, 0.25) is 0 Å². The van der Waals surface area contributed by atoms with Crippen LogP contribution in [0.3, 0.4) is 0 Å². The van der Waals surface area contributed by atoms with Crippen LogP contribution in [0.1, 0.15) is 62.3 Å². The Labute approximate surface area is 162 Å². The molecule has 2 aromatic heterocycles. The molecule has 2 fully saturated rings. The van der Waals surface area contributed by atoms with Gasteiger partial charge < -0.3 is 10.2 Å². The van der Waals surface area contributed by atoms with Gasteiger partial charge in [0.05, 0.1) is 11.9 Å². The smallest absolute Gasteiger partial charge is 0.150 e. The summed E-state index contributed by atoms with van der Waals surface area (Å²) in [5.41, 5.74) is 2.11. The average Bonchev–Trinajstić information content (AvgIpc) is 2.70. The van der Waals surface area contributed by atoms with Crippen LogP contribution in [0.5, 0.6) is 0 Å². The Bertz CT molecular complexity index is 733. The van der Waals surface area contributed by atoms with E-state index in [0.29, 0.717) is 5.92 Å². The lowest BCUT2D eigenvalue weighted by Crippen LogP contribution is -2.37. The molecule has 0 unspecified atom stereocenters. The van der Waals surface area contributed by atoms with Crippen LogP contribution < -0.4 is 5.32 Å². The molecular formula is C22H31N5. The number of hydrogen-bond acceptors (Lipinski definition) is 5. The van der Waals surface area contributed by atoms with E-state index in [9.17, 15) is 0 Å². The lowest BCUT2D eigenvalue weighted by molar-refractivity contribution is 0.163. The summed E-state index contributed by atoms with van der Waals surface area (Å²) < 4.78 is 0. The van der Waals surface area contributed by atoms with Crippen molar-refractivity contribution in [3.05, 3.63) is 42.0 Å². The minimum atomic E-state index is 0.521. The van der Waals surface area contributed by atoms with Crippen molar-refractivity contribution >= 4 is 11.6 Å². The predicted molar refractivity (Wildman–Crippen MR) is 109 cm³/mol. The van der Waals surface area contributed by atoms with Gasteiger partial charge in [0, 0.05) is 24.4 Å². The highest BCUT2D eigenvalue weighted by Gasteiger charge is 2.24. The molecule has 3 heterocycles. The van der Waals surface area contributed by atoms with E-state index in [0.717, 1.165) is 28.9 Å². The first-order valence-corrected chi connectivity index (χ1v) is 10.5. The maximum absolute atomic E-state index is 4.83. The van der Waals surface area contributed by atoms with Crippen molar-refractivity contribution in [1.82, 2.24) is 19.9 Å². The predicted octanol–water partition coefficient (Wildman–Crippen LogP) is 4.68. The number of pyridine rings is 1. The Hall–Kier alpha value is -2.01. The number of aromatic nitrogens is 3.